The molecule has 0 aliphatic heterocycles. The summed E-state index contributed by atoms with van der Waals surface area (Å²) in [6.07, 6.45) is 1.49. The van der Waals surface area contributed by atoms with Crippen LogP contribution in [0.25, 0.3) is 11.1 Å². The number of hydrogen-bond donors (Lipinski definition) is 3. The van der Waals surface area contributed by atoms with Crippen LogP contribution in [-0.4, -0.2) is 22.3 Å². The van der Waals surface area contributed by atoms with Crippen molar-refractivity contribution in [2.24, 2.45) is 0 Å². The van der Waals surface area contributed by atoms with Gasteiger partial charge >= 0.3 is 0 Å². The summed E-state index contributed by atoms with van der Waals surface area (Å²) in [4.78, 5) is 2.57. The molecule has 0 fully saturated rings. The lowest BCUT2D eigenvalue weighted by Crippen LogP contribution is -2.04. The van der Waals surface area contributed by atoms with Crippen LogP contribution in [0.3, 0.4) is 0 Å². The predicted octanol–water partition coefficient (Wildman–Crippen LogP) is 2.96. The van der Waals surface area contributed by atoms with E-state index in [4.69, 9.17) is 4.74 Å². The lowest BCUT2D eigenvalue weighted by Gasteiger charge is -2.20. The van der Waals surface area contributed by atoms with Crippen molar-refractivity contribution in [3.63, 3.8) is 0 Å². The maximum Gasteiger partial charge on any atom is 0.199 e. The Balaban J connectivity index is 2.38. The minimum absolute atomic E-state index is 0.0140. The summed E-state index contributed by atoms with van der Waals surface area (Å²) in [6, 6.07) is 3.79. The van der Waals surface area contributed by atoms with E-state index in [1.165, 1.54) is 0 Å². The summed E-state index contributed by atoms with van der Waals surface area (Å²) in [5.74, 6) is 0.721. The van der Waals surface area contributed by atoms with Gasteiger partial charge in [0.1, 0.15) is 5.75 Å². The van der Waals surface area contributed by atoms with Crippen LogP contribution in [0.1, 0.15) is 11.1 Å². The van der Waals surface area contributed by atoms with Crippen LogP contribution in [-0.2, 0) is 12.8 Å². The molecule has 0 unspecified atom stereocenters. The fourth-order valence-electron chi connectivity index (χ4n) is 2.56. The van der Waals surface area contributed by atoms with Crippen molar-refractivity contribution in [1.29, 1.82) is 0 Å². The van der Waals surface area contributed by atoms with Crippen LogP contribution in [0.2, 0.25) is 0 Å². The van der Waals surface area contributed by atoms with Gasteiger partial charge in [-0.1, -0.05) is 15.9 Å². The molecule has 1 aliphatic carbocycles. The smallest absolute Gasteiger partial charge is 0.199 e. The molecule has 1 aromatic carbocycles. The molecular weight excluding hydrogens is 298 g/mol. The molecule has 0 atom stereocenters. The lowest BCUT2D eigenvalue weighted by molar-refractivity contribution is 0.414. The molecule has 0 bridgehead atoms. The van der Waals surface area contributed by atoms with Gasteiger partial charge < -0.3 is 14.9 Å². The van der Waals surface area contributed by atoms with Crippen LogP contribution < -0.4 is 4.74 Å². The van der Waals surface area contributed by atoms with Gasteiger partial charge in [0.15, 0.2) is 11.8 Å². The van der Waals surface area contributed by atoms with E-state index >= 15 is 0 Å². The second kappa shape index (κ2) is 3.95. The van der Waals surface area contributed by atoms with Crippen molar-refractivity contribution in [3.05, 3.63) is 27.7 Å². The molecule has 0 saturated heterocycles. The van der Waals surface area contributed by atoms with Gasteiger partial charge in [-0.05, 0) is 30.5 Å². The Hall–Kier alpha value is -1.62. The minimum Gasteiger partial charge on any atom is -0.496 e. The number of H-pyrrole nitrogens is 1. The Morgan fingerprint density at radius 3 is 2.56 bits per heavy atom. The molecule has 0 saturated carbocycles. The lowest BCUT2D eigenvalue weighted by atomic mass is 9.87. The van der Waals surface area contributed by atoms with Gasteiger partial charge in [-0.25, -0.2) is 0 Å². The SMILES string of the molecule is COc1ccc(Br)c2c1-c1c(O)[nH]c(O)c1CC2. The predicted molar refractivity (Wildman–Crippen MR) is 71.2 cm³/mol. The van der Waals surface area contributed by atoms with Crippen molar-refractivity contribution in [2.75, 3.05) is 7.11 Å². The molecule has 1 aromatic heterocycles. The number of fused-ring (bicyclic) bond motifs is 3. The number of ether oxygens (including phenoxy) is 1. The highest BCUT2D eigenvalue weighted by Gasteiger charge is 2.28. The third-order valence-electron chi connectivity index (χ3n) is 3.37. The van der Waals surface area contributed by atoms with Gasteiger partial charge in [0, 0.05) is 15.6 Å². The number of aromatic nitrogens is 1. The number of benzene rings is 1. The Labute approximate surface area is 112 Å². The maximum absolute atomic E-state index is 9.95. The topological polar surface area (TPSA) is 65.5 Å². The van der Waals surface area contributed by atoms with Crippen LogP contribution in [0.5, 0.6) is 17.5 Å². The number of aromatic amines is 1. The molecule has 1 aliphatic rings. The molecule has 0 radical (unpaired) electrons. The maximum atomic E-state index is 9.95. The summed E-state index contributed by atoms with van der Waals surface area (Å²) >= 11 is 3.52. The highest BCUT2D eigenvalue weighted by Crippen LogP contribution is 2.49. The van der Waals surface area contributed by atoms with E-state index in [-0.39, 0.29) is 11.8 Å². The summed E-state index contributed by atoms with van der Waals surface area (Å²) in [5, 5.41) is 19.7. The molecule has 4 nitrogen and oxygen atoms in total. The number of aromatic hydroxyl groups is 2. The van der Waals surface area contributed by atoms with E-state index in [0.717, 1.165) is 27.6 Å². The average molecular weight is 310 g/mol. The van der Waals surface area contributed by atoms with E-state index < -0.39 is 0 Å². The number of hydrogen-bond acceptors (Lipinski definition) is 3. The Bertz CT molecular complexity index is 634. The van der Waals surface area contributed by atoms with Crippen LogP contribution in [0.15, 0.2) is 16.6 Å². The zero-order valence-corrected chi connectivity index (χ0v) is 11.3. The molecule has 94 valence electrons. The Morgan fingerprint density at radius 1 is 1.11 bits per heavy atom. The summed E-state index contributed by atoms with van der Waals surface area (Å²) in [6.45, 7) is 0. The zero-order chi connectivity index (χ0) is 12.9. The van der Waals surface area contributed by atoms with E-state index in [1.54, 1.807) is 7.11 Å². The van der Waals surface area contributed by atoms with Crippen molar-refractivity contribution in [1.82, 2.24) is 4.98 Å². The van der Waals surface area contributed by atoms with E-state index in [0.29, 0.717) is 17.7 Å². The third-order valence-corrected chi connectivity index (χ3v) is 4.12. The second-order valence-corrected chi connectivity index (χ2v) is 5.13. The molecule has 2 aromatic rings. The van der Waals surface area contributed by atoms with Crippen LogP contribution in [0, 0.1) is 0 Å². The average Bonchev–Trinajstić information content (AvgIpc) is 2.66. The standard InChI is InChI=1S/C13H12BrNO3/c1-18-9-5-4-8(14)6-2-3-7-11(10(6)9)13(17)15-12(7)16/h4-5,15-17H,2-3H2,1H3. The van der Waals surface area contributed by atoms with E-state index in [2.05, 4.69) is 20.9 Å². The number of halogens is 1. The molecular formula is C13H12BrNO3. The zero-order valence-electron chi connectivity index (χ0n) is 9.75. The minimum atomic E-state index is -0.0140. The monoisotopic (exact) mass is 309 g/mol. The van der Waals surface area contributed by atoms with Gasteiger partial charge in [0.25, 0.3) is 0 Å². The van der Waals surface area contributed by atoms with Crippen molar-refractivity contribution in [2.45, 2.75) is 12.8 Å². The highest BCUT2D eigenvalue weighted by molar-refractivity contribution is 9.10. The molecule has 3 rings (SSSR count). The molecule has 0 amide bonds. The van der Waals surface area contributed by atoms with Gasteiger partial charge in [0.05, 0.1) is 12.7 Å². The Morgan fingerprint density at radius 2 is 1.83 bits per heavy atom. The van der Waals surface area contributed by atoms with Crippen molar-refractivity contribution >= 4 is 15.9 Å². The number of rotatable bonds is 1. The summed E-state index contributed by atoms with van der Waals surface area (Å²) < 4.78 is 6.35. The van der Waals surface area contributed by atoms with Crippen molar-refractivity contribution < 1.29 is 14.9 Å². The van der Waals surface area contributed by atoms with Crippen LogP contribution in [0.4, 0.5) is 0 Å². The molecule has 5 heteroatoms. The van der Waals surface area contributed by atoms with Gasteiger partial charge in [-0.15, -0.1) is 0 Å². The number of nitrogens with one attached hydrogen (secondary N) is 1. The second-order valence-electron chi connectivity index (χ2n) is 4.28. The molecule has 3 N–H and O–H groups in total. The van der Waals surface area contributed by atoms with Crippen LogP contribution >= 0.6 is 15.9 Å². The fourth-order valence-corrected chi connectivity index (χ4v) is 3.09. The van der Waals surface area contributed by atoms with E-state index in [1.807, 2.05) is 12.1 Å². The summed E-state index contributed by atoms with van der Waals surface area (Å²) in [7, 11) is 1.60. The first kappa shape index (κ1) is 11.5. The van der Waals surface area contributed by atoms with Gasteiger partial charge in [-0.3, -0.25) is 4.98 Å². The first-order valence-corrected chi connectivity index (χ1v) is 6.41. The third kappa shape index (κ3) is 1.43. The first-order valence-electron chi connectivity index (χ1n) is 5.62. The van der Waals surface area contributed by atoms with Crippen molar-refractivity contribution in [3.8, 4) is 28.6 Å². The fraction of sp³-hybridized carbons (Fsp3) is 0.231. The molecule has 18 heavy (non-hydrogen) atoms. The molecule has 1 heterocycles. The Kier molecular flexibility index (Phi) is 2.52. The quantitative estimate of drug-likeness (QED) is 0.759. The number of methoxy groups -OCH3 is 1. The largest absolute Gasteiger partial charge is 0.496 e. The van der Waals surface area contributed by atoms with Gasteiger partial charge in [-0.2, -0.15) is 0 Å². The van der Waals surface area contributed by atoms with E-state index in [9.17, 15) is 10.2 Å². The highest BCUT2D eigenvalue weighted by atomic mass is 79.9. The van der Waals surface area contributed by atoms with Gasteiger partial charge in [0.2, 0.25) is 0 Å². The summed E-state index contributed by atoms with van der Waals surface area (Å²) in [5.41, 5.74) is 3.33. The normalized spacial score (nSPS) is 13.0. The first-order chi connectivity index (χ1) is 8.63. The molecule has 0 spiro atoms.